The molecular weight excluding hydrogens is 336 g/mol. The molecule has 0 saturated heterocycles. The molecule has 2 aromatic carbocycles. The second-order valence-corrected chi connectivity index (χ2v) is 7.23. The highest BCUT2D eigenvalue weighted by Crippen LogP contribution is 2.36. The summed E-state index contributed by atoms with van der Waals surface area (Å²) in [4.78, 5) is 26.6. The summed E-state index contributed by atoms with van der Waals surface area (Å²) in [5.74, 6) is 0.465. The molecule has 4 nitrogen and oxygen atoms in total. The van der Waals surface area contributed by atoms with E-state index >= 15 is 0 Å². The van der Waals surface area contributed by atoms with Crippen LogP contribution in [0.3, 0.4) is 0 Å². The molecule has 0 unspecified atom stereocenters. The predicted octanol–water partition coefficient (Wildman–Crippen LogP) is 4.81. The molecule has 0 bridgehead atoms. The normalized spacial score (nSPS) is 15.1. The number of allylic oxidation sites excluding steroid dienone is 1. The van der Waals surface area contributed by atoms with Crippen molar-refractivity contribution in [3.8, 4) is 0 Å². The molecule has 4 heteroatoms. The number of benzene rings is 2. The molecule has 3 rings (SSSR count). The summed E-state index contributed by atoms with van der Waals surface area (Å²) in [6.07, 6.45) is 4.14. The van der Waals surface area contributed by atoms with Crippen molar-refractivity contribution in [2.24, 2.45) is 5.92 Å². The summed E-state index contributed by atoms with van der Waals surface area (Å²) in [5, 5.41) is 2.92. The zero-order chi connectivity index (χ0) is 19.4. The lowest BCUT2D eigenvalue weighted by atomic mass is 10.1. The Bertz CT molecular complexity index is 854. The van der Waals surface area contributed by atoms with E-state index < -0.39 is 0 Å². The van der Waals surface area contributed by atoms with Crippen molar-refractivity contribution in [3.05, 3.63) is 77.4 Å². The maximum Gasteiger partial charge on any atom is 0.255 e. The van der Waals surface area contributed by atoms with E-state index in [1.807, 2.05) is 63.4 Å². The predicted molar refractivity (Wildman–Crippen MR) is 109 cm³/mol. The van der Waals surface area contributed by atoms with Gasteiger partial charge in [-0.05, 0) is 62.4 Å². The van der Waals surface area contributed by atoms with Gasteiger partial charge in [0.15, 0.2) is 0 Å². The molecule has 1 fully saturated rings. The van der Waals surface area contributed by atoms with Gasteiger partial charge in [0.1, 0.15) is 0 Å². The maximum absolute atomic E-state index is 12.5. The van der Waals surface area contributed by atoms with Gasteiger partial charge in [0.25, 0.3) is 5.91 Å². The fraction of sp³-hybridized carbons (Fsp3) is 0.304. The molecule has 27 heavy (non-hydrogen) atoms. The number of rotatable bonds is 6. The van der Waals surface area contributed by atoms with Gasteiger partial charge < -0.3 is 10.2 Å². The third kappa shape index (κ3) is 4.85. The molecule has 0 spiro atoms. The Morgan fingerprint density at radius 3 is 2.48 bits per heavy atom. The highest BCUT2D eigenvalue weighted by molar-refractivity contribution is 6.04. The smallest absolute Gasteiger partial charge is 0.255 e. The standard InChI is InChI=1S/C23H26N2O2/c1-16(18-12-13-18)14-22(26)25(3)17(2)20-10-7-11-21(15-20)24-23(27)19-8-5-4-6-9-19/h4-11,14-15,17-18H,12-13H2,1-3H3,(H,24,27)/b16-14+/t17-/m1/s1. The monoisotopic (exact) mass is 362 g/mol. The largest absolute Gasteiger partial charge is 0.335 e. The summed E-state index contributed by atoms with van der Waals surface area (Å²) < 4.78 is 0. The van der Waals surface area contributed by atoms with E-state index in [9.17, 15) is 9.59 Å². The minimum atomic E-state index is -0.146. The number of likely N-dealkylation sites (N-methyl/N-ethyl adjacent to an activating group) is 1. The number of carbonyl (C=O) groups excluding carboxylic acids is 2. The Labute approximate surface area is 160 Å². The van der Waals surface area contributed by atoms with Gasteiger partial charge in [0, 0.05) is 24.4 Å². The molecule has 2 aromatic rings. The molecule has 1 atom stereocenters. The zero-order valence-corrected chi connectivity index (χ0v) is 16.1. The van der Waals surface area contributed by atoms with Gasteiger partial charge in [-0.2, -0.15) is 0 Å². The van der Waals surface area contributed by atoms with E-state index in [4.69, 9.17) is 0 Å². The Balaban J connectivity index is 1.69. The third-order valence-corrected chi connectivity index (χ3v) is 5.16. The van der Waals surface area contributed by atoms with E-state index in [0.29, 0.717) is 11.5 Å². The molecule has 1 aliphatic rings. The number of hydrogen-bond acceptors (Lipinski definition) is 2. The number of nitrogens with zero attached hydrogens (tertiary/aromatic N) is 1. The Hall–Kier alpha value is -2.88. The molecule has 0 heterocycles. The quantitative estimate of drug-likeness (QED) is 0.749. The minimum Gasteiger partial charge on any atom is -0.335 e. The van der Waals surface area contributed by atoms with Crippen molar-refractivity contribution in [3.63, 3.8) is 0 Å². The molecule has 0 radical (unpaired) electrons. The Morgan fingerprint density at radius 1 is 1.11 bits per heavy atom. The van der Waals surface area contributed by atoms with Crippen LogP contribution in [-0.4, -0.2) is 23.8 Å². The van der Waals surface area contributed by atoms with Crippen LogP contribution < -0.4 is 5.32 Å². The van der Waals surface area contributed by atoms with E-state index in [1.165, 1.54) is 18.4 Å². The molecule has 1 N–H and O–H groups in total. The maximum atomic E-state index is 12.5. The van der Waals surface area contributed by atoms with E-state index in [-0.39, 0.29) is 17.9 Å². The first-order chi connectivity index (χ1) is 13.0. The van der Waals surface area contributed by atoms with Crippen molar-refractivity contribution in [2.75, 3.05) is 12.4 Å². The van der Waals surface area contributed by atoms with Crippen LogP contribution in [0.2, 0.25) is 0 Å². The van der Waals surface area contributed by atoms with E-state index in [0.717, 1.165) is 11.3 Å². The van der Waals surface area contributed by atoms with Crippen LogP contribution in [0.1, 0.15) is 48.7 Å². The lowest BCUT2D eigenvalue weighted by Crippen LogP contribution is -2.28. The summed E-state index contributed by atoms with van der Waals surface area (Å²) in [5.41, 5.74) is 3.49. The number of amides is 2. The molecular formula is C23H26N2O2. The fourth-order valence-corrected chi connectivity index (χ4v) is 3.04. The molecule has 140 valence electrons. The van der Waals surface area contributed by atoms with Gasteiger partial charge in [-0.25, -0.2) is 0 Å². The second kappa shape index (κ2) is 8.21. The van der Waals surface area contributed by atoms with Gasteiger partial charge in [-0.3, -0.25) is 9.59 Å². The first kappa shape index (κ1) is 18.9. The van der Waals surface area contributed by atoms with Crippen LogP contribution in [0.25, 0.3) is 0 Å². The van der Waals surface area contributed by atoms with Gasteiger partial charge in [0.2, 0.25) is 5.91 Å². The number of anilines is 1. The molecule has 0 aliphatic heterocycles. The Kier molecular flexibility index (Phi) is 5.75. The van der Waals surface area contributed by atoms with E-state index in [2.05, 4.69) is 5.32 Å². The SMILES string of the molecule is C/C(=C\C(=O)N(C)[C@H](C)c1cccc(NC(=O)c2ccccc2)c1)C1CC1. The summed E-state index contributed by atoms with van der Waals surface area (Å²) in [7, 11) is 1.82. The van der Waals surface area contributed by atoms with Crippen LogP contribution >= 0.6 is 0 Å². The summed E-state index contributed by atoms with van der Waals surface area (Å²) in [6, 6.07) is 16.7. The minimum absolute atomic E-state index is 0.0191. The highest BCUT2D eigenvalue weighted by atomic mass is 16.2. The van der Waals surface area contributed by atoms with Crippen LogP contribution in [-0.2, 0) is 4.79 Å². The van der Waals surface area contributed by atoms with Crippen molar-refractivity contribution in [1.82, 2.24) is 4.90 Å². The first-order valence-electron chi connectivity index (χ1n) is 9.37. The number of hydrogen-bond donors (Lipinski definition) is 1. The zero-order valence-electron chi connectivity index (χ0n) is 16.1. The van der Waals surface area contributed by atoms with Crippen LogP contribution in [0.4, 0.5) is 5.69 Å². The van der Waals surface area contributed by atoms with Crippen LogP contribution in [0.15, 0.2) is 66.2 Å². The molecule has 0 aromatic heterocycles. The highest BCUT2D eigenvalue weighted by Gasteiger charge is 2.24. The molecule has 1 aliphatic carbocycles. The fourth-order valence-electron chi connectivity index (χ4n) is 3.04. The lowest BCUT2D eigenvalue weighted by Gasteiger charge is -2.25. The van der Waals surface area contributed by atoms with Gasteiger partial charge >= 0.3 is 0 Å². The van der Waals surface area contributed by atoms with Crippen molar-refractivity contribution < 1.29 is 9.59 Å². The van der Waals surface area contributed by atoms with Crippen molar-refractivity contribution in [1.29, 1.82) is 0 Å². The number of nitrogens with one attached hydrogen (secondary N) is 1. The average Bonchev–Trinajstić information content (AvgIpc) is 3.53. The van der Waals surface area contributed by atoms with Crippen molar-refractivity contribution >= 4 is 17.5 Å². The second-order valence-electron chi connectivity index (χ2n) is 7.23. The van der Waals surface area contributed by atoms with Crippen LogP contribution in [0.5, 0.6) is 0 Å². The van der Waals surface area contributed by atoms with Crippen molar-refractivity contribution in [2.45, 2.75) is 32.7 Å². The van der Waals surface area contributed by atoms with Gasteiger partial charge in [0.05, 0.1) is 6.04 Å². The number of carbonyl (C=O) groups is 2. The lowest BCUT2D eigenvalue weighted by molar-refractivity contribution is -0.126. The van der Waals surface area contributed by atoms with Gasteiger partial charge in [-0.1, -0.05) is 35.9 Å². The van der Waals surface area contributed by atoms with Crippen LogP contribution in [0, 0.1) is 5.92 Å². The molecule has 1 saturated carbocycles. The topological polar surface area (TPSA) is 49.4 Å². The summed E-state index contributed by atoms with van der Waals surface area (Å²) >= 11 is 0. The molecule has 2 amide bonds. The summed E-state index contributed by atoms with van der Waals surface area (Å²) in [6.45, 7) is 4.03. The van der Waals surface area contributed by atoms with Gasteiger partial charge in [-0.15, -0.1) is 0 Å². The Morgan fingerprint density at radius 2 is 1.81 bits per heavy atom. The van der Waals surface area contributed by atoms with E-state index in [1.54, 1.807) is 23.1 Å². The average molecular weight is 362 g/mol. The first-order valence-corrected chi connectivity index (χ1v) is 9.37. The third-order valence-electron chi connectivity index (χ3n) is 5.16.